The van der Waals surface area contributed by atoms with Gasteiger partial charge in [0.1, 0.15) is 0 Å². The number of benzene rings is 1. The van der Waals surface area contributed by atoms with Crippen LogP contribution in [0.2, 0.25) is 0 Å². The van der Waals surface area contributed by atoms with Crippen LogP contribution in [0.1, 0.15) is 49.3 Å². The Balaban J connectivity index is 1.58. The van der Waals surface area contributed by atoms with E-state index in [9.17, 15) is 4.79 Å². The van der Waals surface area contributed by atoms with Crippen molar-refractivity contribution in [3.63, 3.8) is 0 Å². The number of carbonyl (C=O) groups is 1. The second kappa shape index (κ2) is 7.68. The summed E-state index contributed by atoms with van der Waals surface area (Å²) in [7, 11) is 3.36. The van der Waals surface area contributed by atoms with Gasteiger partial charge in [0.2, 0.25) is 5.91 Å². The van der Waals surface area contributed by atoms with E-state index < -0.39 is 0 Å². The lowest BCUT2D eigenvalue weighted by molar-refractivity contribution is -0.135. The van der Waals surface area contributed by atoms with E-state index in [4.69, 9.17) is 15.2 Å². The van der Waals surface area contributed by atoms with Gasteiger partial charge in [-0.05, 0) is 48.9 Å². The molecule has 0 spiro atoms. The standard InChI is InChI=1S/C21H31N3O3/c1-26-19-10-14-7-9-23-13-18(24-8-5-3-4-6-21(24)25)16(22)12-17(23)15(14)11-20(19)27-2/h10-11,16-18H,3-9,12-13,22H2,1-2H3. The predicted octanol–water partition coefficient (Wildman–Crippen LogP) is 2.11. The normalized spacial score (nSPS) is 28.9. The van der Waals surface area contributed by atoms with Crippen molar-refractivity contribution in [1.29, 1.82) is 0 Å². The number of ether oxygens (including phenoxy) is 2. The molecular weight excluding hydrogens is 342 g/mol. The van der Waals surface area contributed by atoms with Crippen molar-refractivity contribution in [2.75, 3.05) is 33.9 Å². The minimum atomic E-state index is 0.00680. The highest BCUT2D eigenvalue weighted by Crippen LogP contribution is 2.42. The van der Waals surface area contributed by atoms with Crippen LogP contribution in [-0.4, -0.2) is 61.6 Å². The second-order valence-corrected chi connectivity index (χ2v) is 8.03. The summed E-state index contributed by atoms with van der Waals surface area (Å²) in [6.45, 7) is 2.72. The van der Waals surface area contributed by atoms with Crippen LogP contribution in [0.3, 0.4) is 0 Å². The van der Waals surface area contributed by atoms with E-state index in [1.807, 2.05) is 0 Å². The van der Waals surface area contributed by atoms with Crippen molar-refractivity contribution in [2.45, 2.75) is 56.7 Å². The number of likely N-dealkylation sites (tertiary alicyclic amines) is 1. The number of amides is 1. The van der Waals surface area contributed by atoms with Crippen molar-refractivity contribution in [3.8, 4) is 11.5 Å². The van der Waals surface area contributed by atoms with E-state index >= 15 is 0 Å². The molecule has 4 rings (SSSR count). The molecule has 3 atom stereocenters. The van der Waals surface area contributed by atoms with Crippen molar-refractivity contribution in [3.05, 3.63) is 23.3 Å². The van der Waals surface area contributed by atoms with Gasteiger partial charge in [-0.15, -0.1) is 0 Å². The third-order valence-electron chi connectivity index (χ3n) is 6.54. The molecule has 3 aliphatic heterocycles. The highest BCUT2D eigenvalue weighted by atomic mass is 16.5. The molecule has 0 radical (unpaired) electrons. The highest BCUT2D eigenvalue weighted by Gasteiger charge is 2.41. The van der Waals surface area contributed by atoms with E-state index in [0.29, 0.717) is 12.5 Å². The van der Waals surface area contributed by atoms with Crippen LogP contribution in [0.15, 0.2) is 12.1 Å². The summed E-state index contributed by atoms with van der Waals surface area (Å²) in [5.41, 5.74) is 9.26. The third kappa shape index (κ3) is 3.41. The summed E-state index contributed by atoms with van der Waals surface area (Å²) < 4.78 is 11.0. The molecule has 2 fully saturated rings. The Morgan fingerprint density at radius 3 is 2.59 bits per heavy atom. The minimum Gasteiger partial charge on any atom is -0.493 e. The molecule has 6 nitrogen and oxygen atoms in total. The first-order valence-electron chi connectivity index (χ1n) is 10.2. The van der Waals surface area contributed by atoms with Crippen LogP contribution >= 0.6 is 0 Å². The monoisotopic (exact) mass is 373 g/mol. The van der Waals surface area contributed by atoms with Gasteiger partial charge in [0.15, 0.2) is 11.5 Å². The molecular formula is C21H31N3O3. The van der Waals surface area contributed by atoms with Gasteiger partial charge >= 0.3 is 0 Å². The van der Waals surface area contributed by atoms with Gasteiger partial charge in [-0.3, -0.25) is 9.69 Å². The van der Waals surface area contributed by atoms with Crippen LogP contribution < -0.4 is 15.2 Å². The lowest BCUT2D eigenvalue weighted by Gasteiger charge is -2.49. The second-order valence-electron chi connectivity index (χ2n) is 8.03. The molecule has 27 heavy (non-hydrogen) atoms. The van der Waals surface area contributed by atoms with Crippen LogP contribution in [0.5, 0.6) is 11.5 Å². The predicted molar refractivity (Wildman–Crippen MR) is 104 cm³/mol. The van der Waals surface area contributed by atoms with Crippen molar-refractivity contribution < 1.29 is 14.3 Å². The van der Waals surface area contributed by atoms with Gasteiger partial charge in [-0.2, -0.15) is 0 Å². The maximum Gasteiger partial charge on any atom is 0.222 e. The van der Waals surface area contributed by atoms with E-state index in [1.54, 1.807) is 14.2 Å². The number of methoxy groups -OCH3 is 2. The van der Waals surface area contributed by atoms with Gasteiger partial charge in [0.05, 0.1) is 20.3 Å². The molecule has 3 heterocycles. The number of rotatable bonds is 3. The molecule has 3 aliphatic rings. The summed E-state index contributed by atoms with van der Waals surface area (Å²) in [5, 5.41) is 0. The maximum atomic E-state index is 12.6. The van der Waals surface area contributed by atoms with Crippen LogP contribution in [0.4, 0.5) is 0 Å². The zero-order chi connectivity index (χ0) is 19.0. The number of nitrogens with zero attached hydrogens (tertiary/aromatic N) is 2. The average Bonchev–Trinajstić information content (AvgIpc) is 2.90. The average molecular weight is 373 g/mol. The van der Waals surface area contributed by atoms with E-state index in [2.05, 4.69) is 21.9 Å². The van der Waals surface area contributed by atoms with Gasteiger partial charge in [-0.25, -0.2) is 0 Å². The summed E-state index contributed by atoms with van der Waals surface area (Å²) >= 11 is 0. The zero-order valence-electron chi connectivity index (χ0n) is 16.4. The van der Waals surface area contributed by atoms with E-state index in [0.717, 1.165) is 63.2 Å². The molecule has 1 aromatic rings. The molecule has 0 aliphatic carbocycles. The fourth-order valence-electron chi connectivity index (χ4n) is 5.05. The number of piperidine rings is 1. The Labute approximate surface area is 161 Å². The van der Waals surface area contributed by atoms with Gasteiger partial charge in [0.25, 0.3) is 0 Å². The first-order valence-corrected chi connectivity index (χ1v) is 10.2. The summed E-state index contributed by atoms with van der Waals surface area (Å²) in [4.78, 5) is 17.2. The Kier molecular flexibility index (Phi) is 5.28. The van der Waals surface area contributed by atoms with Gasteiger partial charge < -0.3 is 20.1 Å². The molecule has 0 bridgehead atoms. The molecule has 0 aromatic heterocycles. The van der Waals surface area contributed by atoms with Crippen molar-refractivity contribution in [1.82, 2.24) is 9.80 Å². The first-order chi connectivity index (χ1) is 13.1. The molecule has 148 valence electrons. The SMILES string of the molecule is COc1cc2c(cc1OC)C1CC(N)C(N3CCCCCC3=O)CN1CC2. The molecule has 1 aromatic carbocycles. The fourth-order valence-corrected chi connectivity index (χ4v) is 5.05. The quantitative estimate of drug-likeness (QED) is 0.879. The fraction of sp³-hybridized carbons (Fsp3) is 0.667. The summed E-state index contributed by atoms with van der Waals surface area (Å²) in [6, 6.07) is 4.67. The van der Waals surface area contributed by atoms with Crippen molar-refractivity contribution in [2.24, 2.45) is 5.73 Å². The first kappa shape index (κ1) is 18.6. The van der Waals surface area contributed by atoms with E-state index in [-0.39, 0.29) is 18.0 Å². The number of hydrogen-bond acceptors (Lipinski definition) is 5. The third-order valence-corrected chi connectivity index (χ3v) is 6.54. The summed E-state index contributed by atoms with van der Waals surface area (Å²) in [5.74, 6) is 1.85. The summed E-state index contributed by atoms with van der Waals surface area (Å²) in [6.07, 6.45) is 5.79. The largest absolute Gasteiger partial charge is 0.493 e. The molecule has 1 amide bonds. The lowest BCUT2D eigenvalue weighted by Crippen LogP contribution is -2.61. The minimum absolute atomic E-state index is 0.00680. The topological polar surface area (TPSA) is 68.0 Å². The van der Waals surface area contributed by atoms with Gasteiger partial charge in [-0.1, -0.05) is 6.42 Å². The molecule has 3 unspecified atom stereocenters. The number of hydrogen-bond donors (Lipinski definition) is 1. The molecule has 0 saturated carbocycles. The number of carbonyl (C=O) groups excluding carboxylic acids is 1. The number of fused-ring (bicyclic) bond motifs is 3. The van der Waals surface area contributed by atoms with Crippen molar-refractivity contribution >= 4 is 5.91 Å². The Hall–Kier alpha value is -1.79. The molecule has 6 heteroatoms. The number of nitrogens with two attached hydrogens (primary N) is 1. The Morgan fingerprint density at radius 1 is 1.04 bits per heavy atom. The maximum absolute atomic E-state index is 12.6. The van der Waals surface area contributed by atoms with Gasteiger partial charge in [0, 0.05) is 38.1 Å². The molecule has 2 N–H and O–H groups in total. The zero-order valence-corrected chi connectivity index (χ0v) is 16.4. The van der Waals surface area contributed by atoms with Crippen LogP contribution in [-0.2, 0) is 11.2 Å². The highest BCUT2D eigenvalue weighted by molar-refractivity contribution is 5.77. The molecule has 2 saturated heterocycles. The Morgan fingerprint density at radius 2 is 1.81 bits per heavy atom. The smallest absolute Gasteiger partial charge is 0.222 e. The lowest BCUT2D eigenvalue weighted by atomic mass is 9.82. The van der Waals surface area contributed by atoms with Crippen LogP contribution in [0, 0.1) is 0 Å². The van der Waals surface area contributed by atoms with E-state index in [1.165, 1.54) is 11.1 Å². The Bertz CT molecular complexity index is 708. The van der Waals surface area contributed by atoms with Crippen LogP contribution in [0.25, 0.3) is 0 Å².